The number of hydrogen-bond donors (Lipinski definition) is 1. The molecule has 0 spiro atoms. The largest absolute Gasteiger partial charge is 0.492 e. The van der Waals surface area contributed by atoms with Gasteiger partial charge in [-0.25, -0.2) is 0 Å². The third kappa shape index (κ3) is 3.31. The molecule has 0 aliphatic heterocycles. The number of carbonyl (C=O) groups is 1. The first-order chi connectivity index (χ1) is 9.93. The second-order valence-corrected chi connectivity index (χ2v) is 6.16. The van der Waals surface area contributed by atoms with Gasteiger partial charge in [0, 0.05) is 25.5 Å². The second-order valence-electron chi connectivity index (χ2n) is 4.73. The van der Waals surface area contributed by atoms with Crippen molar-refractivity contribution in [1.29, 1.82) is 0 Å². The molecule has 0 aliphatic rings. The third-order valence-electron chi connectivity index (χ3n) is 3.06. The van der Waals surface area contributed by atoms with Crippen LogP contribution in [0.15, 0.2) is 24.3 Å². The van der Waals surface area contributed by atoms with Crippen molar-refractivity contribution in [2.75, 3.05) is 24.8 Å². The van der Waals surface area contributed by atoms with E-state index in [1.807, 2.05) is 36.2 Å². The summed E-state index contributed by atoms with van der Waals surface area (Å²) in [7, 11) is 3.48. The summed E-state index contributed by atoms with van der Waals surface area (Å²) in [5.41, 5.74) is 7.47. The van der Waals surface area contributed by atoms with Gasteiger partial charge in [0.15, 0.2) is 11.5 Å². The molecule has 1 aromatic heterocycles. The van der Waals surface area contributed by atoms with Crippen LogP contribution in [0.1, 0.15) is 22.2 Å². The van der Waals surface area contributed by atoms with Gasteiger partial charge in [-0.05, 0) is 17.7 Å². The molecular weight excluding hydrogens is 308 g/mol. The van der Waals surface area contributed by atoms with Crippen LogP contribution in [0.3, 0.4) is 0 Å². The zero-order valence-corrected chi connectivity index (χ0v) is 13.7. The summed E-state index contributed by atoms with van der Waals surface area (Å²) >= 11 is 7.34. The van der Waals surface area contributed by atoms with Crippen molar-refractivity contribution in [2.24, 2.45) is 0 Å². The van der Waals surface area contributed by atoms with Crippen LogP contribution in [-0.2, 0) is 6.54 Å². The van der Waals surface area contributed by atoms with Crippen molar-refractivity contribution < 1.29 is 9.53 Å². The maximum atomic E-state index is 11.6. The monoisotopic (exact) mass is 324 g/mol. The van der Waals surface area contributed by atoms with Crippen molar-refractivity contribution in [3.63, 3.8) is 0 Å². The molecule has 0 radical (unpaired) electrons. The summed E-state index contributed by atoms with van der Waals surface area (Å²) in [5.74, 6) is 0.493. The predicted molar refractivity (Wildman–Crippen MR) is 88.8 cm³/mol. The number of Topliss-reactive ketones (excluding diaryl/α,β-unsaturated/α-hetero) is 1. The molecule has 112 valence electrons. The van der Waals surface area contributed by atoms with Crippen molar-refractivity contribution in [1.82, 2.24) is 0 Å². The lowest BCUT2D eigenvalue weighted by atomic mass is 10.2. The summed E-state index contributed by atoms with van der Waals surface area (Å²) in [5, 5.41) is 1.53. The number of methoxy groups -OCH3 is 1. The lowest BCUT2D eigenvalue weighted by Gasteiger charge is -2.19. The molecule has 2 aromatic rings. The summed E-state index contributed by atoms with van der Waals surface area (Å²) in [6, 6.07) is 7.65. The van der Waals surface area contributed by atoms with Gasteiger partial charge < -0.3 is 15.4 Å². The summed E-state index contributed by atoms with van der Waals surface area (Å²) in [6.45, 7) is 2.15. The Morgan fingerprint density at radius 2 is 2.19 bits per heavy atom. The maximum Gasteiger partial charge on any atom is 0.177 e. The first-order valence-electron chi connectivity index (χ1n) is 6.36. The molecule has 21 heavy (non-hydrogen) atoms. The molecule has 0 fully saturated rings. The number of benzene rings is 1. The van der Waals surface area contributed by atoms with Gasteiger partial charge in [-0.3, -0.25) is 4.79 Å². The Hall–Kier alpha value is -1.72. The fourth-order valence-corrected chi connectivity index (χ4v) is 3.37. The molecule has 0 bridgehead atoms. The normalized spacial score (nSPS) is 10.5. The van der Waals surface area contributed by atoms with Crippen molar-refractivity contribution >= 4 is 39.4 Å². The molecule has 0 saturated carbocycles. The Kier molecular flexibility index (Phi) is 4.75. The third-order valence-corrected chi connectivity index (χ3v) is 4.70. The molecule has 2 N–H and O–H groups in total. The highest BCUT2D eigenvalue weighted by atomic mass is 35.5. The molecule has 2 rings (SSSR count). The number of hydrogen-bond acceptors (Lipinski definition) is 5. The van der Waals surface area contributed by atoms with Gasteiger partial charge in [-0.2, -0.15) is 0 Å². The van der Waals surface area contributed by atoms with E-state index in [0.29, 0.717) is 27.9 Å². The van der Waals surface area contributed by atoms with E-state index in [0.717, 1.165) is 10.6 Å². The van der Waals surface area contributed by atoms with Gasteiger partial charge in [0.2, 0.25) is 0 Å². The van der Waals surface area contributed by atoms with E-state index in [1.165, 1.54) is 18.3 Å². The van der Waals surface area contributed by atoms with Crippen LogP contribution >= 0.6 is 22.9 Å². The van der Waals surface area contributed by atoms with Gasteiger partial charge in [0.1, 0.15) is 5.00 Å². The van der Waals surface area contributed by atoms with Crippen LogP contribution in [0.5, 0.6) is 5.75 Å². The van der Waals surface area contributed by atoms with E-state index in [9.17, 15) is 4.79 Å². The average Bonchev–Trinajstić information content (AvgIpc) is 2.75. The van der Waals surface area contributed by atoms with E-state index in [2.05, 4.69) is 0 Å². The van der Waals surface area contributed by atoms with Gasteiger partial charge >= 0.3 is 0 Å². The molecule has 1 heterocycles. The Labute approximate surface area is 133 Å². The van der Waals surface area contributed by atoms with Crippen LogP contribution in [-0.4, -0.2) is 19.9 Å². The molecule has 6 heteroatoms. The minimum absolute atomic E-state index is 0.0572. The van der Waals surface area contributed by atoms with Crippen molar-refractivity contribution in [3.05, 3.63) is 39.7 Å². The average molecular weight is 325 g/mol. The van der Waals surface area contributed by atoms with Crippen LogP contribution in [0.25, 0.3) is 0 Å². The van der Waals surface area contributed by atoms with E-state index < -0.39 is 0 Å². The number of rotatable bonds is 5. The van der Waals surface area contributed by atoms with Crippen LogP contribution in [0.2, 0.25) is 5.02 Å². The van der Waals surface area contributed by atoms with E-state index >= 15 is 0 Å². The number of nitrogens with two attached hydrogens (primary N) is 1. The predicted octanol–water partition coefficient (Wildman–Crippen LogP) is 3.83. The maximum absolute atomic E-state index is 11.6. The Bertz CT molecular complexity index is 670. The zero-order chi connectivity index (χ0) is 15.6. The number of nitrogen functional groups attached to an aromatic ring is 1. The lowest BCUT2D eigenvalue weighted by molar-refractivity contribution is 0.102. The van der Waals surface area contributed by atoms with Gasteiger partial charge in [0.25, 0.3) is 0 Å². The highest BCUT2D eigenvalue weighted by Gasteiger charge is 2.22. The second kappa shape index (κ2) is 6.37. The molecule has 0 unspecified atom stereocenters. The molecule has 0 saturated heterocycles. The number of ether oxygens (including phenoxy) is 1. The number of thiophene rings is 1. The van der Waals surface area contributed by atoms with Crippen molar-refractivity contribution in [2.45, 2.75) is 13.5 Å². The molecule has 0 aliphatic carbocycles. The number of carbonyl (C=O) groups excluding carboxylic acids is 1. The lowest BCUT2D eigenvalue weighted by Crippen LogP contribution is -2.15. The number of halogens is 1. The van der Waals surface area contributed by atoms with Gasteiger partial charge in [0.05, 0.1) is 17.7 Å². The smallest absolute Gasteiger partial charge is 0.177 e. The van der Waals surface area contributed by atoms with Gasteiger partial charge in [-0.15, -0.1) is 11.3 Å². The number of ketones is 1. The summed E-state index contributed by atoms with van der Waals surface area (Å²) in [4.78, 5) is 14.1. The summed E-state index contributed by atoms with van der Waals surface area (Å²) in [6.07, 6.45) is 0. The molecular formula is C15H17ClN2O2S. The van der Waals surface area contributed by atoms with Crippen LogP contribution < -0.4 is 15.4 Å². The minimum Gasteiger partial charge on any atom is -0.492 e. The topological polar surface area (TPSA) is 55.6 Å². The Morgan fingerprint density at radius 3 is 2.76 bits per heavy atom. The van der Waals surface area contributed by atoms with E-state index in [1.54, 1.807) is 7.11 Å². The molecule has 0 atom stereocenters. The molecule has 4 nitrogen and oxygen atoms in total. The molecule has 1 aromatic carbocycles. The fraction of sp³-hybridized carbons (Fsp3) is 0.267. The highest BCUT2D eigenvalue weighted by molar-refractivity contribution is 7.19. The van der Waals surface area contributed by atoms with Gasteiger partial charge in [-0.1, -0.05) is 23.7 Å². The number of nitrogens with zero attached hydrogens (tertiary/aromatic N) is 1. The zero-order valence-electron chi connectivity index (χ0n) is 12.1. The fourth-order valence-electron chi connectivity index (χ4n) is 2.11. The molecule has 0 amide bonds. The van der Waals surface area contributed by atoms with Crippen LogP contribution in [0, 0.1) is 0 Å². The quantitative estimate of drug-likeness (QED) is 0.849. The van der Waals surface area contributed by atoms with E-state index in [4.69, 9.17) is 22.1 Å². The standard InChI is InChI=1S/C15H17ClN2O2S/c1-9(19)14-12(17)13(20-3)15(21-14)18(2)8-10-5-4-6-11(16)7-10/h4-7H,8,17H2,1-3H3. The Balaban J connectivity index is 2.32. The minimum atomic E-state index is -0.0572. The first-order valence-corrected chi connectivity index (χ1v) is 7.56. The summed E-state index contributed by atoms with van der Waals surface area (Å²) < 4.78 is 5.35. The first kappa shape index (κ1) is 15.7. The Morgan fingerprint density at radius 1 is 1.48 bits per heavy atom. The van der Waals surface area contributed by atoms with Crippen LogP contribution in [0.4, 0.5) is 10.7 Å². The SMILES string of the molecule is COc1c(N(C)Cc2cccc(Cl)c2)sc(C(C)=O)c1N. The highest BCUT2D eigenvalue weighted by Crippen LogP contribution is 2.44. The van der Waals surface area contributed by atoms with Crippen molar-refractivity contribution in [3.8, 4) is 5.75 Å². The number of anilines is 2. The van der Waals surface area contributed by atoms with E-state index in [-0.39, 0.29) is 5.78 Å².